The molecule has 0 bridgehead atoms. The smallest absolute Gasteiger partial charge is 0.311 e. The molecule has 3 aliphatic rings. The Kier molecular flexibility index (Phi) is 5.10. The number of hydrogen-bond donors (Lipinski definition) is 2. The maximum Gasteiger partial charge on any atom is 0.311 e. The minimum atomic E-state index is -0.713. The van der Waals surface area contributed by atoms with Gasteiger partial charge in [-0.2, -0.15) is 0 Å². The topological polar surface area (TPSA) is 89.9 Å². The van der Waals surface area contributed by atoms with Crippen molar-refractivity contribution < 1.29 is 19.5 Å². The van der Waals surface area contributed by atoms with Gasteiger partial charge in [-0.3, -0.25) is 19.3 Å². The first-order valence-electron chi connectivity index (χ1n) is 10.1. The van der Waals surface area contributed by atoms with Gasteiger partial charge < -0.3 is 15.3 Å². The molecule has 0 aromatic heterocycles. The third-order valence-corrected chi connectivity index (χ3v) is 6.55. The van der Waals surface area contributed by atoms with Crippen LogP contribution in [0.25, 0.3) is 0 Å². The van der Waals surface area contributed by atoms with E-state index in [0.29, 0.717) is 26.1 Å². The van der Waals surface area contributed by atoms with Crippen molar-refractivity contribution in [2.45, 2.75) is 38.6 Å². The lowest BCUT2D eigenvalue weighted by molar-refractivity contribution is -0.149. The van der Waals surface area contributed by atoms with Gasteiger partial charge in [0.15, 0.2) is 0 Å². The number of rotatable bonds is 6. The first kappa shape index (κ1) is 18.9. The van der Waals surface area contributed by atoms with Crippen molar-refractivity contribution in [3.63, 3.8) is 0 Å². The highest BCUT2D eigenvalue weighted by Crippen LogP contribution is 2.48. The number of carboxylic acid groups (broad SMARTS) is 1. The van der Waals surface area contributed by atoms with Crippen LogP contribution in [0.1, 0.15) is 37.7 Å². The second kappa shape index (κ2) is 7.54. The van der Waals surface area contributed by atoms with Crippen molar-refractivity contribution >= 4 is 23.5 Å². The summed E-state index contributed by atoms with van der Waals surface area (Å²) in [5.74, 6) is -0.469. The Labute approximate surface area is 164 Å². The Morgan fingerprint density at radius 2 is 2.00 bits per heavy atom. The van der Waals surface area contributed by atoms with Gasteiger partial charge >= 0.3 is 5.97 Å². The number of anilines is 1. The lowest BCUT2D eigenvalue weighted by Crippen LogP contribution is -2.39. The van der Waals surface area contributed by atoms with Gasteiger partial charge in [-0.25, -0.2) is 0 Å². The predicted molar refractivity (Wildman–Crippen MR) is 104 cm³/mol. The van der Waals surface area contributed by atoms with Gasteiger partial charge in [0.1, 0.15) is 0 Å². The molecule has 2 heterocycles. The summed E-state index contributed by atoms with van der Waals surface area (Å²) in [4.78, 5) is 39.7. The molecule has 2 atom stereocenters. The van der Waals surface area contributed by atoms with E-state index in [2.05, 4.69) is 5.32 Å². The molecule has 150 valence electrons. The van der Waals surface area contributed by atoms with Gasteiger partial charge in [-0.05, 0) is 42.9 Å². The number of amides is 2. The van der Waals surface area contributed by atoms with E-state index in [-0.39, 0.29) is 24.3 Å². The molecule has 1 aliphatic carbocycles. The molecule has 2 amide bonds. The molecule has 0 spiro atoms. The molecule has 7 heteroatoms. The van der Waals surface area contributed by atoms with Crippen LogP contribution in [0.4, 0.5) is 5.69 Å². The minimum Gasteiger partial charge on any atom is -0.481 e. The van der Waals surface area contributed by atoms with Gasteiger partial charge in [0.2, 0.25) is 11.8 Å². The van der Waals surface area contributed by atoms with Crippen LogP contribution in [0.5, 0.6) is 0 Å². The summed E-state index contributed by atoms with van der Waals surface area (Å²) in [5, 5.41) is 12.6. The summed E-state index contributed by atoms with van der Waals surface area (Å²) in [7, 11) is 0. The van der Waals surface area contributed by atoms with E-state index >= 15 is 0 Å². The van der Waals surface area contributed by atoms with Gasteiger partial charge in [0, 0.05) is 38.3 Å². The summed E-state index contributed by atoms with van der Waals surface area (Å²) in [6.07, 6.45) is 4.14. The van der Waals surface area contributed by atoms with Gasteiger partial charge in [-0.15, -0.1) is 0 Å². The number of hydrogen-bond acceptors (Lipinski definition) is 4. The highest BCUT2D eigenvalue weighted by atomic mass is 16.4. The summed E-state index contributed by atoms with van der Waals surface area (Å²) in [6, 6.07) is 7.70. The van der Waals surface area contributed by atoms with E-state index < -0.39 is 11.4 Å². The monoisotopic (exact) mass is 385 g/mol. The van der Waals surface area contributed by atoms with Crippen LogP contribution in [0.15, 0.2) is 24.3 Å². The van der Waals surface area contributed by atoms with Crippen LogP contribution < -0.4 is 10.2 Å². The number of carbonyl (C=O) groups is 3. The van der Waals surface area contributed by atoms with Crippen molar-refractivity contribution in [3.8, 4) is 0 Å². The molecule has 3 fully saturated rings. The highest BCUT2D eigenvalue weighted by Gasteiger charge is 2.54. The molecule has 2 N–H and O–H groups in total. The van der Waals surface area contributed by atoms with E-state index in [1.807, 2.05) is 29.2 Å². The van der Waals surface area contributed by atoms with Crippen molar-refractivity contribution in [3.05, 3.63) is 29.8 Å². The van der Waals surface area contributed by atoms with Gasteiger partial charge in [0.25, 0.3) is 0 Å². The average molecular weight is 385 g/mol. The summed E-state index contributed by atoms with van der Waals surface area (Å²) >= 11 is 0. The molecule has 0 unspecified atom stereocenters. The maximum absolute atomic E-state index is 12.3. The Bertz CT molecular complexity index is 778. The number of fused-ring (bicyclic) bond motifs is 1. The molecule has 1 saturated carbocycles. The second-order valence-electron chi connectivity index (χ2n) is 8.31. The van der Waals surface area contributed by atoms with Crippen molar-refractivity contribution in [2.24, 2.45) is 11.3 Å². The molecule has 28 heavy (non-hydrogen) atoms. The summed E-state index contributed by atoms with van der Waals surface area (Å²) in [6.45, 7) is 2.60. The fourth-order valence-electron chi connectivity index (χ4n) is 5.04. The van der Waals surface area contributed by atoms with E-state index in [1.165, 1.54) is 0 Å². The number of carbonyl (C=O) groups excluding carboxylic acids is 2. The molecule has 0 radical (unpaired) electrons. The van der Waals surface area contributed by atoms with E-state index in [9.17, 15) is 19.5 Å². The Morgan fingerprint density at radius 3 is 2.64 bits per heavy atom. The largest absolute Gasteiger partial charge is 0.481 e. The Morgan fingerprint density at radius 1 is 1.21 bits per heavy atom. The first-order valence-corrected chi connectivity index (χ1v) is 10.1. The third kappa shape index (κ3) is 3.51. The molecule has 4 rings (SSSR count). The molecule has 2 aliphatic heterocycles. The van der Waals surface area contributed by atoms with Gasteiger partial charge in [0.05, 0.1) is 12.0 Å². The molecule has 1 aromatic rings. The number of carboxylic acids is 1. The zero-order valence-electron chi connectivity index (χ0n) is 16.0. The van der Waals surface area contributed by atoms with E-state index in [1.54, 1.807) is 4.90 Å². The van der Waals surface area contributed by atoms with Crippen LogP contribution >= 0.6 is 0 Å². The van der Waals surface area contributed by atoms with Crippen molar-refractivity contribution in [1.29, 1.82) is 0 Å². The number of benzene rings is 1. The zero-order valence-corrected chi connectivity index (χ0v) is 16.0. The Balaban J connectivity index is 1.27. The van der Waals surface area contributed by atoms with Crippen LogP contribution in [0.2, 0.25) is 0 Å². The normalized spacial score (nSPS) is 27.2. The number of nitrogens with zero attached hydrogens (tertiary/aromatic N) is 2. The van der Waals surface area contributed by atoms with Gasteiger partial charge in [-0.1, -0.05) is 18.6 Å². The molecule has 2 saturated heterocycles. The zero-order chi connectivity index (χ0) is 19.7. The Hall–Kier alpha value is -2.41. The number of nitrogens with one attached hydrogen (secondary N) is 1. The standard InChI is InChI=1S/C21H27N3O4/c25-18(13-23-12-16-3-1-9-21(16,14-23)20(27)28)22-11-15-5-7-17(8-6-15)24-10-2-4-19(24)26/h5-8,16H,1-4,9-14H2,(H,22,25)(H,27,28)/t16-,21+/m0/s1. The maximum atomic E-state index is 12.3. The molecular weight excluding hydrogens is 358 g/mol. The molecule has 7 nitrogen and oxygen atoms in total. The second-order valence-corrected chi connectivity index (χ2v) is 8.31. The fourth-order valence-corrected chi connectivity index (χ4v) is 5.04. The average Bonchev–Trinajstić information content (AvgIpc) is 3.35. The van der Waals surface area contributed by atoms with Crippen molar-refractivity contribution in [2.75, 3.05) is 31.1 Å². The van der Waals surface area contributed by atoms with Crippen LogP contribution in [0, 0.1) is 11.3 Å². The van der Waals surface area contributed by atoms with E-state index in [4.69, 9.17) is 0 Å². The lowest BCUT2D eigenvalue weighted by atomic mass is 9.81. The minimum absolute atomic E-state index is 0.0840. The van der Waals surface area contributed by atoms with Crippen molar-refractivity contribution in [1.82, 2.24) is 10.2 Å². The number of aliphatic carboxylic acids is 1. The van der Waals surface area contributed by atoms with Crippen LogP contribution in [-0.2, 0) is 20.9 Å². The summed E-state index contributed by atoms with van der Waals surface area (Å²) < 4.78 is 0. The fraction of sp³-hybridized carbons (Fsp3) is 0.571. The molecule has 1 aromatic carbocycles. The van der Waals surface area contributed by atoms with Crippen LogP contribution in [-0.4, -0.2) is 54.0 Å². The molecular formula is C21H27N3O4. The summed E-state index contributed by atoms with van der Waals surface area (Å²) in [5.41, 5.74) is 1.23. The predicted octanol–water partition coefficient (Wildman–Crippen LogP) is 1.62. The first-order chi connectivity index (χ1) is 13.5. The van der Waals surface area contributed by atoms with E-state index in [0.717, 1.165) is 43.5 Å². The third-order valence-electron chi connectivity index (χ3n) is 6.55. The van der Waals surface area contributed by atoms with Crippen LogP contribution in [0.3, 0.4) is 0 Å². The number of likely N-dealkylation sites (tertiary alicyclic amines) is 1. The SMILES string of the molecule is O=C(CN1C[C@@H]2CCC[C@@]2(C(=O)O)C1)NCc1ccc(N2CCCC2=O)cc1. The quantitative estimate of drug-likeness (QED) is 0.777. The lowest BCUT2D eigenvalue weighted by Gasteiger charge is -2.23. The highest BCUT2D eigenvalue weighted by molar-refractivity contribution is 5.95.